The van der Waals surface area contributed by atoms with Gasteiger partial charge in [-0.15, -0.1) is 0 Å². The molecule has 0 amide bonds. The number of rotatable bonds is 6. The summed E-state index contributed by atoms with van der Waals surface area (Å²) in [7, 11) is 0. The van der Waals surface area contributed by atoms with Crippen LogP contribution in [0.1, 0.15) is 45.2 Å². The summed E-state index contributed by atoms with van der Waals surface area (Å²) in [6, 6.07) is 8.59. The maximum absolute atomic E-state index is 5.74. The van der Waals surface area contributed by atoms with Crippen molar-refractivity contribution in [3.63, 3.8) is 0 Å². The maximum atomic E-state index is 5.74. The molecule has 1 heterocycles. The SMILES string of the molecule is CC(C)Oc1cccc(C(C)NCC2CCC=CO2)c1. The van der Waals surface area contributed by atoms with Crippen LogP contribution in [0.15, 0.2) is 36.6 Å². The number of hydrogen-bond acceptors (Lipinski definition) is 3. The molecule has 0 radical (unpaired) electrons. The van der Waals surface area contributed by atoms with E-state index in [1.807, 2.05) is 32.2 Å². The molecule has 2 atom stereocenters. The van der Waals surface area contributed by atoms with E-state index in [2.05, 4.69) is 30.4 Å². The number of benzene rings is 1. The number of ether oxygens (including phenoxy) is 2. The molecule has 2 rings (SSSR count). The van der Waals surface area contributed by atoms with Crippen LogP contribution in [0.4, 0.5) is 0 Å². The molecule has 0 bridgehead atoms. The largest absolute Gasteiger partial charge is 0.497 e. The van der Waals surface area contributed by atoms with E-state index in [0.29, 0.717) is 6.04 Å². The molecule has 0 saturated heterocycles. The summed E-state index contributed by atoms with van der Waals surface area (Å²) in [6.45, 7) is 7.14. The second-order valence-corrected chi connectivity index (χ2v) is 5.58. The number of hydrogen-bond donors (Lipinski definition) is 1. The van der Waals surface area contributed by atoms with E-state index in [1.54, 1.807) is 0 Å². The fourth-order valence-electron chi connectivity index (χ4n) is 2.29. The Morgan fingerprint density at radius 1 is 1.35 bits per heavy atom. The third-order valence-electron chi connectivity index (χ3n) is 3.40. The van der Waals surface area contributed by atoms with Gasteiger partial charge in [-0.2, -0.15) is 0 Å². The molecular weight excluding hydrogens is 250 g/mol. The summed E-state index contributed by atoms with van der Waals surface area (Å²) in [5, 5.41) is 3.53. The van der Waals surface area contributed by atoms with Crippen molar-refractivity contribution in [2.45, 2.75) is 51.9 Å². The van der Waals surface area contributed by atoms with Crippen molar-refractivity contribution in [3.05, 3.63) is 42.2 Å². The first-order valence-corrected chi connectivity index (χ1v) is 7.45. The van der Waals surface area contributed by atoms with Crippen LogP contribution < -0.4 is 10.1 Å². The Morgan fingerprint density at radius 3 is 2.90 bits per heavy atom. The molecule has 3 nitrogen and oxygen atoms in total. The molecule has 2 unspecified atom stereocenters. The van der Waals surface area contributed by atoms with Crippen molar-refractivity contribution in [2.24, 2.45) is 0 Å². The number of allylic oxidation sites excluding steroid dienone is 1. The molecule has 0 spiro atoms. The topological polar surface area (TPSA) is 30.5 Å². The summed E-state index contributed by atoms with van der Waals surface area (Å²) in [6.07, 6.45) is 6.59. The lowest BCUT2D eigenvalue weighted by Crippen LogP contribution is -2.31. The van der Waals surface area contributed by atoms with Gasteiger partial charge in [-0.05, 0) is 57.4 Å². The fourth-order valence-corrected chi connectivity index (χ4v) is 2.29. The molecule has 3 heteroatoms. The minimum Gasteiger partial charge on any atom is -0.497 e. The zero-order valence-corrected chi connectivity index (χ0v) is 12.6. The normalized spacial score (nSPS) is 19.7. The Labute approximate surface area is 122 Å². The zero-order valence-electron chi connectivity index (χ0n) is 12.6. The summed E-state index contributed by atoms with van der Waals surface area (Å²) in [4.78, 5) is 0. The highest BCUT2D eigenvalue weighted by Gasteiger charge is 2.13. The lowest BCUT2D eigenvalue weighted by atomic mass is 10.1. The van der Waals surface area contributed by atoms with E-state index in [9.17, 15) is 0 Å². The molecule has 1 aliphatic heterocycles. The van der Waals surface area contributed by atoms with E-state index in [-0.39, 0.29) is 12.2 Å². The highest BCUT2D eigenvalue weighted by atomic mass is 16.5. The first-order chi connectivity index (χ1) is 9.65. The minimum atomic E-state index is 0.205. The van der Waals surface area contributed by atoms with Crippen molar-refractivity contribution in [2.75, 3.05) is 6.54 Å². The van der Waals surface area contributed by atoms with Crippen LogP contribution >= 0.6 is 0 Å². The van der Waals surface area contributed by atoms with Crippen LogP contribution in [0, 0.1) is 0 Å². The summed E-state index contributed by atoms with van der Waals surface area (Å²) in [5.74, 6) is 0.933. The predicted octanol–water partition coefficient (Wildman–Crippen LogP) is 3.82. The molecule has 1 aromatic carbocycles. The van der Waals surface area contributed by atoms with Gasteiger partial charge in [-0.25, -0.2) is 0 Å². The first kappa shape index (κ1) is 14.9. The average molecular weight is 275 g/mol. The van der Waals surface area contributed by atoms with Gasteiger partial charge in [-0.3, -0.25) is 0 Å². The third kappa shape index (κ3) is 4.57. The fraction of sp³-hybridized carbons (Fsp3) is 0.529. The summed E-state index contributed by atoms with van der Waals surface area (Å²) >= 11 is 0. The molecule has 0 fully saturated rings. The van der Waals surface area contributed by atoms with Gasteiger partial charge in [0.25, 0.3) is 0 Å². The van der Waals surface area contributed by atoms with Crippen molar-refractivity contribution in [1.29, 1.82) is 0 Å². The Balaban J connectivity index is 1.87. The van der Waals surface area contributed by atoms with Gasteiger partial charge in [0.05, 0.1) is 12.4 Å². The zero-order chi connectivity index (χ0) is 14.4. The summed E-state index contributed by atoms with van der Waals surface area (Å²) < 4.78 is 11.3. The molecular formula is C17H25NO2. The third-order valence-corrected chi connectivity index (χ3v) is 3.40. The summed E-state index contributed by atoms with van der Waals surface area (Å²) in [5.41, 5.74) is 1.24. The molecule has 0 aliphatic carbocycles. The molecule has 1 N–H and O–H groups in total. The van der Waals surface area contributed by atoms with Crippen LogP contribution in [0.25, 0.3) is 0 Å². The molecule has 20 heavy (non-hydrogen) atoms. The highest BCUT2D eigenvalue weighted by Crippen LogP contribution is 2.20. The molecule has 1 aliphatic rings. The Bertz CT molecular complexity index is 442. The van der Waals surface area contributed by atoms with Crippen LogP contribution in [0.2, 0.25) is 0 Å². The predicted molar refractivity (Wildman–Crippen MR) is 81.9 cm³/mol. The standard InChI is InChI=1S/C17H25NO2/c1-13(2)20-16-9-6-7-15(11-16)14(3)18-12-17-8-4-5-10-19-17/h5-7,9-11,13-14,17-18H,4,8,12H2,1-3H3. The van der Waals surface area contributed by atoms with E-state index < -0.39 is 0 Å². The second kappa shape index (κ2) is 7.34. The number of nitrogens with one attached hydrogen (secondary N) is 1. The minimum absolute atomic E-state index is 0.205. The first-order valence-electron chi connectivity index (χ1n) is 7.45. The quantitative estimate of drug-likeness (QED) is 0.856. The van der Waals surface area contributed by atoms with Gasteiger partial charge in [0.2, 0.25) is 0 Å². The van der Waals surface area contributed by atoms with E-state index in [1.165, 1.54) is 5.56 Å². The van der Waals surface area contributed by atoms with Crippen LogP contribution in [0.3, 0.4) is 0 Å². The Morgan fingerprint density at radius 2 is 2.20 bits per heavy atom. The van der Waals surface area contributed by atoms with E-state index in [4.69, 9.17) is 9.47 Å². The van der Waals surface area contributed by atoms with E-state index in [0.717, 1.165) is 25.1 Å². The van der Waals surface area contributed by atoms with Gasteiger partial charge in [0, 0.05) is 12.6 Å². The van der Waals surface area contributed by atoms with Gasteiger partial charge >= 0.3 is 0 Å². The molecule has 0 aromatic heterocycles. The Hall–Kier alpha value is -1.48. The monoisotopic (exact) mass is 275 g/mol. The smallest absolute Gasteiger partial charge is 0.120 e. The highest BCUT2D eigenvalue weighted by molar-refractivity contribution is 5.30. The van der Waals surface area contributed by atoms with Crippen LogP contribution in [-0.2, 0) is 4.74 Å². The second-order valence-electron chi connectivity index (χ2n) is 5.58. The molecule has 1 aromatic rings. The lowest BCUT2D eigenvalue weighted by molar-refractivity contribution is 0.120. The van der Waals surface area contributed by atoms with Gasteiger partial charge < -0.3 is 14.8 Å². The van der Waals surface area contributed by atoms with Crippen molar-refractivity contribution < 1.29 is 9.47 Å². The van der Waals surface area contributed by atoms with Gasteiger partial charge in [0.15, 0.2) is 0 Å². The van der Waals surface area contributed by atoms with Gasteiger partial charge in [-0.1, -0.05) is 12.1 Å². The maximum Gasteiger partial charge on any atom is 0.120 e. The van der Waals surface area contributed by atoms with Crippen LogP contribution in [-0.4, -0.2) is 18.8 Å². The van der Waals surface area contributed by atoms with Crippen LogP contribution in [0.5, 0.6) is 5.75 Å². The molecule has 0 saturated carbocycles. The Kier molecular flexibility index (Phi) is 5.48. The van der Waals surface area contributed by atoms with Gasteiger partial charge in [0.1, 0.15) is 11.9 Å². The van der Waals surface area contributed by atoms with Crippen molar-refractivity contribution in [3.8, 4) is 5.75 Å². The van der Waals surface area contributed by atoms with E-state index >= 15 is 0 Å². The average Bonchev–Trinajstić information content (AvgIpc) is 2.45. The van der Waals surface area contributed by atoms with Crippen molar-refractivity contribution in [1.82, 2.24) is 5.32 Å². The molecule has 110 valence electrons. The van der Waals surface area contributed by atoms with Crippen molar-refractivity contribution >= 4 is 0 Å². The lowest BCUT2D eigenvalue weighted by Gasteiger charge is -2.23.